The number of carbonyl (C=O) groups excluding carboxylic acids is 3. The van der Waals surface area contributed by atoms with Crippen LogP contribution in [-0.4, -0.2) is 37.7 Å². The fourth-order valence-corrected chi connectivity index (χ4v) is 2.82. The minimum absolute atomic E-state index is 0.117. The molecule has 2 aromatic rings. The van der Waals surface area contributed by atoms with Gasteiger partial charge in [0, 0.05) is 32.1 Å². The first kappa shape index (κ1) is 19.4. The van der Waals surface area contributed by atoms with Gasteiger partial charge in [-0.05, 0) is 48.5 Å². The summed E-state index contributed by atoms with van der Waals surface area (Å²) in [6.07, 6.45) is -1.17. The summed E-state index contributed by atoms with van der Waals surface area (Å²) in [5.74, 6) is -1.80. The van der Waals surface area contributed by atoms with E-state index in [1.54, 1.807) is 19.1 Å². The predicted molar refractivity (Wildman–Crippen MR) is 104 cm³/mol. The van der Waals surface area contributed by atoms with Gasteiger partial charge in [-0.25, -0.2) is 4.79 Å². The van der Waals surface area contributed by atoms with Crippen molar-refractivity contribution in [2.45, 2.75) is 19.4 Å². The second-order valence-corrected chi connectivity index (χ2v) is 6.92. The molecule has 0 amide bonds. The second-order valence-electron chi connectivity index (χ2n) is 6.92. The monoisotopic (exact) mass is 379 g/mol. The molecule has 0 heterocycles. The predicted octanol–water partition coefficient (Wildman–Crippen LogP) is 3.87. The summed E-state index contributed by atoms with van der Waals surface area (Å²) in [6.45, 7) is 1.65. The van der Waals surface area contributed by atoms with Gasteiger partial charge < -0.3 is 9.64 Å². The molecule has 0 bridgehead atoms. The van der Waals surface area contributed by atoms with Crippen molar-refractivity contribution in [2.75, 3.05) is 19.0 Å². The van der Waals surface area contributed by atoms with E-state index in [4.69, 9.17) is 4.74 Å². The molecule has 1 fully saturated rings. The molecular weight excluding hydrogens is 358 g/mol. The number of hydrogen-bond acceptors (Lipinski definition) is 7. The molecule has 144 valence electrons. The molecule has 7 nitrogen and oxygen atoms in total. The summed E-state index contributed by atoms with van der Waals surface area (Å²) in [5, 5.41) is 8.30. The first-order chi connectivity index (χ1) is 13.3. The van der Waals surface area contributed by atoms with E-state index in [0.29, 0.717) is 11.4 Å². The highest BCUT2D eigenvalue weighted by atomic mass is 16.6. The van der Waals surface area contributed by atoms with Gasteiger partial charge in [-0.3, -0.25) is 9.59 Å². The maximum atomic E-state index is 12.2. The van der Waals surface area contributed by atoms with Crippen molar-refractivity contribution in [1.82, 2.24) is 0 Å². The van der Waals surface area contributed by atoms with Crippen LogP contribution in [0.1, 0.15) is 23.7 Å². The Morgan fingerprint density at radius 3 is 1.96 bits per heavy atom. The number of hydrogen-bond donors (Lipinski definition) is 0. The Labute approximate surface area is 163 Å². The lowest BCUT2D eigenvalue weighted by Gasteiger charge is -2.11. The number of rotatable bonds is 5. The number of nitrogens with zero attached hydrogens (tertiary/aromatic N) is 3. The van der Waals surface area contributed by atoms with Crippen molar-refractivity contribution in [1.29, 1.82) is 0 Å². The Kier molecular flexibility index (Phi) is 5.63. The van der Waals surface area contributed by atoms with Crippen molar-refractivity contribution < 1.29 is 19.1 Å². The Bertz CT molecular complexity index is 918. The fraction of sp³-hybridized carbons (Fsp3) is 0.286. The van der Waals surface area contributed by atoms with E-state index in [2.05, 4.69) is 10.2 Å². The summed E-state index contributed by atoms with van der Waals surface area (Å²) in [5.41, 5.74) is 2.58. The molecule has 0 aromatic heterocycles. The molecule has 3 rings (SSSR count). The van der Waals surface area contributed by atoms with Gasteiger partial charge in [0.25, 0.3) is 0 Å². The number of Topliss-reactive ketones (excluding diaryl/α,β-unsaturated/α-hetero) is 2. The van der Waals surface area contributed by atoms with Crippen molar-refractivity contribution >= 4 is 34.6 Å². The van der Waals surface area contributed by atoms with Crippen LogP contribution in [-0.2, 0) is 14.3 Å². The van der Waals surface area contributed by atoms with E-state index in [9.17, 15) is 14.4 Å². The zero-order chi connectivity index (χ0) is 20.3. The van der Waals surface area contributed by atoms with E-state index in [0.717, 1.165) is 5.69 Å². The van der Waals surface area contributed by atoms with Crippen molar-refractivity contribution in [3.63, 3.8) is 0 Å². The molecule has 0 aliphatic heterocycles. The lowest BCUT2D eigenvalue weighted by atomic mass is 10.1. The van der Waals surface area contributed by atoms with Crippen LogP contribution in [0.25, 0.3) is 0 Å². The first-order valence-corrected chi connectivity index (χ1v) is 8.92. The van der Waals surface area contributed by atoms with Crippen LogP contribution in [0.5, 0.6) is 0 Å². The normalized spacial score (nSPS) is 19.2. The van der Waals surface area contributed by atoms with Crippen LogP contribution >= 0.6 is 0 Å². The van der Waals surface area contributed by atoms with Crippen molar-refractivity contribution in [3.05, 3.63) is 54.1 Å². The quantitative estimate of drug-likeness (QED) is 0.447. The number of esters is 1. The summed E-state index contributed by atoms with van der Waals surface area (Å²) in [6, 6.07) is 13.9. The van der Waals surface area contributed by atoms with Crippen molar-refractivity contribution in [2.24, 2.45) is 16.1 Å². The number of ketones is 2. The maximum absolute atomic E-state index is 12.2. The molecule has 2 aromatic carbocycles. The van der Waals surface area contributed by atoms with Crippen LogP contribution in [0, 0.1) is 5.92 Å². The van der Waals surface area contributed by atoms with E-state index < -0.39 is 18.0 Å². The highest BCUT2D eigenvalue weighted by molar-refractivity contribution is 6.14. The third-order valence-electron chi connectivity index (χ3n) is 4.52. The number of benzene rings is 2. The van der Waals surface area contributed by atoms with Gasteiger partial charge in [-0.15, -0.1) is 0 Å². The Balaban J connectivity index is 1.63. The summed E-state index contributed by atoms with van der Waals surface area (Å²) >= 11 is 0. The molecule has 0 saturated heterocycles. The Hall–Kier alpha value is -3.35. The average Bonchev–Trinajstić information content (AvgIpc) is 2.93. The van der Waals surface area contributed by atoms with Crippen LogP contribution in [0.4, 0.5) is 17.1 Å². The van der Waals surface area contributed by atoms with E-state index in [1.807, 2.05) is 43.3 Å². The molecule has 28 heavy (non-hydrogen) atoms. The van der Waals surface area contributed by atoms with Gasteiger partial charge in [0.2, 0.25) is 6.10 Å². The zero-order valence-electron chi connectivity index (χ0n) is 16.0. The van der Waals surface area contributed by atoms with Gasteiger partial charge in [-0.1, -0.05) is 6.92 Å². The molecular formula is C21H21N3O4. The minimum atomic E-state index is -1.29. The van der Waals surface area contributed by atoms with Gasteiger partial charge >= 0.3 is 5.97 Å². The first-order valence-electron chi connectivity index (χ1n) is 8.92. The molecule has 7 heteroatoms. The van der Waals surface area contributed by atoms with Crippen molar-refractivity contribution in [3.8, 4) is 0 Å². The van der Waals surface area contributed by atoms with Crippen LogP contribution < -0.4 is 4.90 Å². The average molecular weight is 379 g/mol. The fourth-order valence-electron chi connectivity index (χ4n) is 2.82. The van der Waals surface area contributed by atoms with Gasteiger partial charge in [0.1, 0.15) is 0 Å². The smallest absolute Gasteiger partial charge is 0.339 e. The third kappa shape index (κ3) is 4.31. The molecule has 0 radical (unpaired) electrons. The molecule has 2 atom stereocenters. The summed E-state index contributed by atoms with van der Waals surface area (Å²) < 4.78 is 5.10. The topological polar surface area (TPSA) is 88.4 Å². The van der Waals surface area contributed by atoms with E-state index in [1.165, 1.54) is 12.1 Å². The van der Waals surface area contributed by atoms with Crippen LogP contribution in [0.2, 0.25) is 0 Å². The Morgan fingerprint density at radius 2 is 1.50 bits per heavy atom. The zero-order valence-corrected chi connectivity index (χ0v) is 16.0. The highest BCUT2D eigenvalue weighted by Gasteiger charge is 2.41. The van der Waals surface area contributed by atoms with E-state index in [-0.39, 0.29) is 23.6 Å². The van der Waals surface area contributed by atoms with Crippen LogP contribution in [0.15, 0.2) is 58.8 Å². The number of anilines is 1. The van der Waals surface area contributed by atoms with E-state index >= 15 is 0 Å². The second kappa shape index (κ2) is 8.12. The number of ether oxygens (including phenoxy) is 1. The van der Waals surface area contributed by atoms with Crippen LogP contribution in [0.3, 0.4) is 0 Å². The van der Waals surface area contributed by atoms with Gasteiger partial charge in [-0.2, -0.15) is 10.2 Å². The third-order valence-corrected chi connectivity index (χ3v) is 4.52. The minimum Gasteiger partial charge on any atom is -0.443 e. The Morgan fingerprint density at radius 1 is 0.964 bits per heavy atom. The van der Waals surface area contributed by atoms with Gasteiger partial charge in [0.15, 0.2) is 11.6 Å². The molecule has 1 aliphatic carbocycles. The number of azo groups is 1. The highest BCUT2D eigenvalue weighted by Crippen LogP contribution is 2.24. The van der Waals surface area contributed by atoms with Gasteiger partial charge in [0.05, 0.1) is 16.9 Å². The molecule has 0 N–H and O–H groups in total. The summed E-state index contributed by atoms with van der Waals surface area (Å²) in [7, 11) is 3.92. The standard InChI is InChI=1S/C21H21N3O4/c1-13-12-18(25)20(19(13)26)28-21(27)14-4-6-15(7-5-14)22-23-16-8-10-17(11-9-16)24(2)3/h4-11,13,20H,12H2,1-3H3. The SMILES string of the molecule is CC1CC(=O)C(OC(=O)c2ccc(N=Nc3ccc(N(C)C)cc3)cc2)C1=O. The molecule has 1 saturated carbocycles. The molecule has 2 unspecified atom stereocenters. The lowest BCUT2D eigenvalue weighted by molar-refractivity contribution is -0.134. The molecule has 1 aliphatic rings. The number of carbonyl (C=O) groups is 3. The largest absolute Gasteiger partial charge is 0.443 e. The lowest BCUT2D eigenvalue weighted by Crippen LogP contribution is -2.29. The molecule has 0 spiro atoms. The summed E-state index contributed by atoms with van der Waals surface area (Å²) in [4.78, 5) is 37.8. The maximum Gasteiger partial charge on any atom is 0.339 e.